The minimum Gasteiger partial charge on any atom is -0.481 e. The Labute approximate surface area is 75.6 Å². The summed E-state index contributed by atoms with van der Waals surface area (Å²) in [5, 5.41) is 8.36. The van der Waals surface area contributed by atoms with E-state index in [0.29, 0.717) is 5.75 Å². The van der Waals surface area contributed by atoms with E-state index in [4.69, 9.17) is 5.11 Å². The van der Waals surface area contributed by atoms with E-state index in [1.807, 2.05) is 6.08 Å². The van der Waals surface area contributed by atoms with Crippen molar-refractivity contribution < 1.29 is 9.90 Å². The molecule has 0 amide bonds. The number of allylic oxidation sites excluding steroid dienone is 1. The Morgan fingerprint density at radius 2 is 2.58 bits per heavy atom. The number of hydrogen-bond donors (Lipinski definition) is 1. The highest BCUT2D eigenvalue weighted by Crippen LogP contribution is 2.05. The van der Waals surface area contributed by atoms with Gasteiger partial charge in [0.1, 0.15) is 0 Å². The SMILES string of the molecule is O=C(O)CSCC1=NCCC=C1. The first kappa shape index (κ1) is 9.32. The number of dihydropyridines is 1. The standard InChI is InChI=1S/C8H11NO2S/c10-8(11)6-12-5-7-3-1-2-4-9-7/h1,3H,2,4-6H2,(H,10,11). The van der Waals surface area contributed by atoms with Gasteiger partial charge in [-0.1, -0.05) is 6.08 Å². The predicted octanol–water partition coefficient (Wildman–Crippen LogP) is 1.21. The van der Waals surface area contributed by atoms with Crippen LogP contribution in [0.25, 0.3) is 0 Å². The zero-order valence-electron chi connectivity index (χ0n) is 6.69. The van der Waals surface area contributed by atoms with E-state index < -0.39 is 5.97 Å². The van der Waals surface area contributed by atoms with Gasteiger partial charge in [0.15, 0.2) is 0 Å². The van der Waals surface area contributed by atoms with Crippen molar-refractivity contribution in [1.29, 1.82) is 0 Å². The zero-order valence-corrected chi connectivity index (χ0v) is 7.51. The number of carboxylic acid groups (broad SMARTS) is 1. The van der Waals surface area contributed by atoms with Gasteiger partial charge in [0.05, 0.1) is 5.75 Å². The van der Waals surface area contributed by atoms with Crippen molar-refractivity contribution in [3.63, 3.8) is 0 Å². The van der Waals surface area contributed by atoms with Gasteiger partial charge in [-0.05, 0) is 12.5 Å². The third-order valence-electron chi connectivity index (χ3n) is 1.40. The molecule has 1 aliphatic heterocycles. The molecule has 66 valence electrons. The highest BCUT2D eigenvalue weighted by atomic mass is 32.2. The largest absolute Gasteiger partial charge is 0.481 e. The van der Waals surface area contributed by atoms with Crippen LogP contribution in [0.1, 0.15) is 6.42 Å². The molecular formula is C8H11NO2S. The summed E-state index contributed by atoms with van der Waals surface area (Å²) >= 11 is 1.39. The molecule has 1 heterocycles. The Balaban J connectivity index is 2.18. The normalized spacial score (nSPS) is 15.8. The molecule has 0 aliphatic carbocycles. The lowest BCUT2D eigenvalue weighted by atomic mass is 10.2. The van der Waals surface area contributed by atoms with Crippen LogP contribution in [0, 0.1) is 0 Å². The van der Waals surface area contributed by atoms with Crippen molar-refractivity contribution in [2.45, 2.75) is 6.42 Å². The molecule has 0 aromatic carbocycles. The minimum atomic E-state index is -0.764. The number of thioether (sulfide) groups is 1. The van der Waals surface area contributed by atoms with Crippen LogP contribution in [0.15, 0.2) is 17.1 Å². The lowest BCUT2D eigenvalue weighted by Crippen LogP contribution is -2.06. The van der Waals surface area contributed by atoms with E-state index in [2.05, 4.69) is 11.1 Å². The number of carboxylic acids is 1. The third-order valence-corrected chi connectivity index (χ3v) is 2.35. The van der Waals surface area contributed by atoms with Crippen LogP contribution in [-0.4, -0.2) is 34.8 Å². The van der Waals surface area contributed by atoms with E-state index in [0.717, 1.165) is 18.7 Å². The number of rotatable bonds is 4. The van der Waals surface area contributed by atoms with Crippen LogP contribution in [0.3, 0.4) is 0 Å². The molecule has 0 fully saturated rings. The van der Waals surface area contributed by atoms with E-state index in [1.54, 1.807) is 0 Å². The summed E-state index contributed by atoms with van der Waals surface area (Å²) in [4.78, 5) is 14.4. The number of carbonyl (C=O) groups is 1. The van der Waals surface area contributed by atoms with Gasteiger partial charge in [0, 0.05) is 18.0 Å². The minimum absolute atomic E-state index is 0.160. The summed E-state index contributed by atoms with van der Waals surface area (Å²) in [5.74, 6) is 0.107. The number of aliphatic carboxylic acids is 1. The highest BCUT2D eigenvalue weighted by Gasteiger charge is 2.01. The smallest absolute Gasteiger partial charge is 0.313 e. The van der Waals surface area contributed by atoms with Crippen LogP contribution in [-0.2, 0) is 4.79 Å². The van der Waals surface area contributed by atoms with Gasteiger partial charge < -0.3 is 5.11 Å². The second-order valence-electron chi connectivity index (χ2n) is 2.45. The first-order valence-electron chi connectivity index (χ1n) is 3.78. The second-order valence-corrected chi connectivity index (χ2v) is 3.44. The van der Waals surface area contributed by atoms with Gasteiger partial charge in [-0.3, -0.25) is 9.79 Å². The Morgan fingerprint density at radius 3 is 3.17 bits per heavy atom. The van der Waals surface area contributed by atoms with Crippen LogP contribution < -0.4 is 0 Å². The fourth-order valence-electron chi connectivity index (χ4n) is 0.891. The maximum absolute atomic E-state index is 10.2. The molecule has 3 nitrogen and oxygen atoms in total. The number of aliphatic imine (C=N–C) groups is 1. The maximum atomic E-state index is 10.2. The molecule has 1 N–H and O–H groups in total. The van der Waals surface area contributed by atoms with Crippen molar-refractivity contribution in [3.05, 3.63) is 12.2 Å². The third kappa shape index (κ3) is 3.57. The van der Waals surface area contributed by atoms with E-state index in [9.17, 15) is 4.79 Å². The summed E-state index contributed by atoms with van der Waals surface area (Å²) < 4.78 is 0. The van der Waals surface area contributed by atoms with Crippen molar-refractivity contribution >= 4 is 23.4 Å². The number of nitrogens with zero attached hydrogens (tertiary/aromatic N) is 1. The summed E-state index contributed by atoms with van der Waals surface area (Å²) in [6.45, 7) is 0.847. The fourth-order valence-corrected chi connectivity index (χ4v) is 1.56. The fraction of sp³-hybridized carbons (Fsp3) is 0.500. The molecule has 1 rings (SSSR count). The van der Waals surface area contributed by atoms with Crippen LogP contribution in [0.2, 0.25) is 0 Å². The molecule has 0 bridgehead atoms. The molecule has 1 aliphatic rings. The van der Waals surface area contributed by atoms with Crippen molar-refractivity contribution in [2.75, 3.05) is 18.1 Å². The average Bonchev–Trinajstić information content (AvgIpc) is 2.05. The lowest BCUT2D eigenvalue weighted by Gasteiger charge is -2.03. The summed E-state index contributed by atoms with van der Waals surface area (Å²) in [6.07, 6.45) is 5.05. The predicted molar refractivity (Wildman–Crippen MR) is 51.0 cm³/mol. The topological polar surface area (TPSA) is 49.7 Å². The molecule has 12 heavy (non-hydrogen) atoms. The summed E-state index contributed by atoms with van der Waals surface area (Å²) in [6, 6.07) is 0. The Kier molecular flexibility index (Phi) is 3.87. The molecule has 0 radical (unpaired) electrons. The van der Waals surface area contributed by atoms with Crippen LogP contribution in [0.5, 0.6) is 0 Å². The molecule has 0 atom stereocenters. The molecule has 0 spiro atoms. The van der Waals surface area contributed by atoms with Crippen molar-refractivity contribution in [3.8, 4) is 0 Å². The zero-order chi connectivity index (χ0) is 8.81. The Hall–Kier alpha value is -0.770. The quantitative estimate of drug-likeness (QED) is 0.716. The molecule has 0 saturated carbocycles. The first-order chi connectivity index (χ1) is 5.79. The highest BCUT2D eigenvalue weighted by molar-refractivity contribution is 8.00. The van der Waals surface area contributed by atoms with E-state index >= 15 is 0 Å². The maximum Gasteiger partial charge on any atom is 0.313 e. The van der Waals surface area contributed by atoms with Gasteiger partial charge in [-0.2, -0.15) is 0 Å². The van der Waals surface area contributed by atoms with E-state index in [1.165, 1.54) is 11.8 Å². The van der Waals surface area contributed by atoms with Gasteiger partial charge in [0.25, 0.3) is 0 Å². The van der Waals surface area contributed by atoms with E-state index in [-0.39, 0.29) is 5.75 Å². The van der Waals surface area contributed by atoms with Crippen molar-refractivity contribution in [2.24, 2.45) is 4.99 Å². The summed E-state index contributed by atoms with van der Waals surface area (Å²) in [5.41, 5.74) is 1.01. The van der Waals surface area contributed by atoms with Gasteiger partial charge in [-0.15, -0.1) is 11.8 Å². The molecular weight excluding hydrogens is 174 g/mol. The van der Waals surface area contributed by atoms with Gasteiger partial charge in [-0.25, -0.2) is 0 Å². The molecule has 0 saturated heterocycles. The van der Waals surface area contributed by atoms with Gasteiger partial charge >= 0.3 is 5.97 Å². The summed E-state index contributed by atoms with van der Waals surface area (Å²) in [7, 11) is 0. The van der Waals surface area contributed by atoms with Crippen LogP contribution in [0.4, 0.5) is 0 Å². The van der Waals surface area contributed by atoms with Crippen molar-refractivity contribution in [1.82, 2.24) is 0 Å². The monoisotopic (exact) mass is 185 g/mol. The molecule has 0 aromatic rings. The first-order valence-corrected chi connectivity index (χ1v) is 4.94. The molecule has 0 aromatic heterocycles. The van der Waals surface area contributed by atoms with Gasteiger partial charge in [0.2, 0.25) is 0 Å². The molecule has 4 heteroatoms. The second kappa shape index (κ2) is 4.98. The number of hydrogen-bond acceptors (Lipinski definition) is 3. The van der Waals surface area contributed by atoms with Crippen LogP contribution >= 0.6 is 11.8 Å². The molecule has 0 unspecified atom stereocenters. The average molecular weight is 185 g/mol. The lowest BCUT2D eigenvalue weighted by molar-refractivity contribution is -0.133. The Morgan fingerprint density at radius 1 is 1.75 bits per heavy atom. The Bertz CT molecular complexity index is 223.